The molecule has 0 spiro atoms. The van der Waals surface area contributed by atoms with Crippen molar-refractivity contribution >= 4 is 16.7 Å². The number of fused-ring (bicyclic) bond motifs is 1. The van der Waals surface area contributed by atoms with Crippen LogP contribution in [0.2, 0.25) is 0 Å². The number of hydrogen-bond acceptors (Lipinski definition) is 4. The average molecular weight is 349 g/mol. The first-order valence-electron chi connectivity index (χ1n) is 8.57. The van der Waals surface area contributed by atoms with Gasteiger partial charge in [-0.15, -0.1) is 0 Å². The zero-order valence-electron chi connectivity index (χ0n) is 14.5. The molecule has 26 heavy (non-hydrogen) atoms. The number of aromatic nitrogens is 2. The number of nitrogens with zero attached hydrogens (tertiary/aromatic N) is 3. The van der Waals surface area contributed by atoms with E-state index in [2.05, 4.69) is 5.10 Å². The number of ether oxygens (including phenoxy) is 1. The second-order valence-corrected chi connectivity index (χ2v) is 6.34. The Morgan fingerprint density at radius 1 is 1.08 bits per heavy atom. The lowest BCUT2D eigenvalue weighted by molar-refractivity contribution is -0.0230. The van der Waals surface area contributed by atoms with E-state index in [-0.39, 0.29) is 17.6 Å². The zero-order valence-corrected chi connectivity index (χ0v) is 14.5. The van der Waals surface area contributed by atoms with Crippen LogP contribution in [0, 0.1) is 0 Å². The summed E-state index contributed by atoms with van der Waals surface area (Å²) in [4.78, 5) is 27.2. The molecule has 0 aliphatic carbocycles. The number of aryl methyl sites for hydroxylation is 1. The van der Waals surface area contributed by atoms with Crippen LogP contribution < -0.4 is 5.56 Å². The van der Waals surface area contributed by atoms with E-state index in [0.717, 1.165) is 5.56 Å². The third-order valence-electron chi connectivity index (χ3n) is 4.68. The maximum absolute atomic E-state index is 13.1. The molecule has 4 rings (SSSR count). The van der Waals surface area contributed by atoms with E-state index in [9.17, 15) is 9.59 Å². The smallest absolute Gasteiger partial charge is 0.275 e. The van der Waals surface area contributed by atoms with Gasteiger partial charge in [-0.1, -0.05) is 48.5 Å². The summed E-state index contributed by atoms with van der Waals surface area (Å²) >= 11 is 0. The van der Waals surface area contributed by atoms with Crippen molar-refractivity contribution < 1.29 is 9.53 Å². The molecule has 6 heteroatoms. The van der Waals surface area contributed by atoms with E-state index in [4.69, 9.17) is 4.74 Å². The minimum Gasteiger partial charge on any atom is -0.370 e. The molecule has 1 aromatic heterocycles. The van der Waals surface area contributed by atoms with E-state index in [1.54, 1.807) is 30.1 Å². The van der Waals surface area contributed by atoms with Gasteiger partial charge in [-0.3, -0.25) is 9.59 Å². The zero-order chi connectivity index (χ0) is 18.1. The Morgan fingerprint density at radius 2 is 1.77 bits per heavy atom. The number of carbonyl (C=O) groups is 1. The molecule has 1 saturated heterocycles. The van der Waals surface area contributed by atoms with Crippen LogP contribution in [0.4, 0.5) is 0 Å². The highest BCUT2D eigenvalue weighted by atomic mass is 16.5. The number of benzene rings is 2. The summed E-state index contributed by atoms with van der Waals surface area (Å²) in [6, 6.07) is 17.0. The number of carbonyl (C=O) groups excluding carboxylic acids is 1. The molecular formula is C20H19N3O3. The average Bonchev–Trinajstić information content (AvgIpc) is 2.71. The van der Waals surface area contributed by atoms with Gasteiger partial charge < -0.3 is 9.64 Å². The predicted molar refractivity (Wildman–Crippen MR) is 98.0 cm³/mol. The van der Waals surface area contributed by atoms with Gasteiger partial charge in [0.05, 0.1) is 18.5 Å². The van der Waals surface area contributed by atoms with Crippen molar-refractivity contribution in [2.45, 2.75) is 6.10 Å². The van der Waals surface area contributed by atoms with Crippen molar-refractivity contribution in [3.63, 3.8) is 0 Å². The van der Waals surface area contributed by atoms with Gasteiger partial charge in [-0.25, -0.2) is 4.68 Å². The monoisotopic (exact) mass is 349 g/mol. The fourth-order valence-corrected chi connectivity index (χ4v) is 3.31. The second-order valence-electron chi connectivity index (χ2n) is 6.34. The van der Waals surface area contributed by atoms with Crippen molar-refractivity contribution in [2.75, 3.05) is 19.7 Å². The van der Waals surface area contributed by atoms with Crippen molar-refractivity contribution in [3.05, 3.63) is 76.2 Å². The summed E-state index contributed by atoms with van der Waals surface area (Å²) in [5.41, 5.74) is 1.14. The van der Waals surface area contributed by atoms with Crippen LogP contribution in [-0.2, 0) is 11.8 Å². The van der Waals surface area contributed by atoms with Gasteiger partial charge in [-0.05, 0) is 11.6 Å². The van der Waals surface area contributed by atoms with Crippen LogP contribution in [0.1, 0.15) is 22.2 Å². The number of amides is 1. The normalized spacial score (nSPS) is 17.4. The SMILES string of the molecule is Cn1nc(C(=O)N2CCOC(c3ccccc3)C2)c2ccccc2c1=O. The summed E-state index contributed by atoms with van der Waals surface area (Å²) in [5.74, 6) is -0.180. The summed E-state index contributed by atoms with van der Waals surface area (Å²) in [5, 5.41) is 5.33. The lowest BCUT2D eigenvalue weighted by Crippen LogP contribution is -2.43. The molecule has 0 radical (unpaired) electrons. The van der Waals surface area contributed by atoms with E-state index in [0.29, 0.717) is 36.2 Å². The Bertz CT molecular complexity index is 1010. The molecule has 2 heterocycles. The molecule has 1 atom stereocenters. The quantitative estimate of drug-likeness (QED) is 0.711. The first kappa shape index (κ1) is 16.5. The van der Waals surface area contributed by atoms with Crippen LogP contribution in [-0.4, -0.2) is 40.3 Å². The van der Waals surface area contributed by atoms with E-state index >= 15 is 0 Å². The number of hydrogen-bond donors (Lipinski definition) is 0. The van der Waals surface area contributed by atoms with Crippen molar-refractivity contribution in [2.24, 2.45) is 7.05 Å². The Morgan fingerprint density at radius 3 is 2.54 bits per heavy atom. The molecule has 1 aliphatic rings. The van der Waals surface area contributed by atoms with Crippen LogP contribution in [0.15, 0.2) is 59.4 Å². The molecule has 1 aliphatic heterocycles. The van der Waals surface area contributed by atoms with Crippen molar-refractivity contribution in [3.8, 4) is 0 Å². The largest absolute Gasteiger partial charge is 0.370 e. The highest BCUT2D eigenvalue weighted by Crippen LogP contribution is 2.24. The van der Waals surface area contributed by atoms with E-state index in [1.165, 1.54) is 4.68 Å². The van der Waals surface area contributed by atoms with Gasteiger partial charge in [0.25, 0.3) is 11.5 Å². The lowest BCUT2D eigenvalue weighted by Gasteiger charge is -2.33. The second kappa shape index (κ2) is 6.72. The fraction of sp³-hybridized carbons (Fsp3) is 0.250. The van der Waals surface area contributed by atoms with Crippen LogP contribution in [0.25, 0.3) is 10.8 Å². The standard InChI is InChI=1S/C20H19N3O3/c1-22-19(24)16-10-6-5-9-15(16)18(21-22)20(25)23-11-12-26-17(13-23)14-7-3-2-4-8-14/h2-10,17H,11-13H2,1H3. The summed E-state index contributed by atoms with van der Waals surface area (Å²) < 4.78 is 7.07. The third-order valence-corrected chi connectivity index (χ3v) is 4.68. The summed E-state index contributed by atoms with van der Waals surface area (Å²) in [6.45, 7) is 1.43. The molecule has 1 amide bonds. The molecule has 2 aromatic carbocycles. The van der Waals surface area contributed by atoms with Crippen LogP contribution in [0.5, 0.6) is 0 Å². The Labute approximate surface area is 150 Å². The first-order valence-corrected chi connectivity index (χ1v) is 8.57. The maximum atomic E-state index is 13.1. The molecule has 132 valence electrons. The number of morpholine rings is 1. The maximum Gasteiger partial charge on any atom is 0.275 e. The van der Waals surface area contributed by atoms with Gasteiger partial charge >= 0.3 is 0 Å². The lowest BCUT2D eigenvalue weighted by atomic mass is 10.1. The first-order chi connectivity index (χ1) is 12.6. The van der Waals surface area contributed by atoms with Crippen LogP contribution >= 0.6 is 0 Å². The molecular weight excluding hydrogens is 330 g/mol. The molecule has 6 nitrogen and oxygen atoms in total. The highest BCUT2D eigenvalue weighted by Gasteiger charge is 2.28. The van der Waals surface area contributed by atoms with Crippen LogP contribution in [0.3, 0.4) is 0 Å². The molecule has 1 fully saturated rings. The van der Waals surface area contributed by atoms with Crippen molar-refractivity contribution in [1.82, 2.24) is 14.7 Å². The molecule has 0 bridgehead atoms. The number of rotatable bonds is 2. The highest BCUT2D eigenvalue weighted by molar-refractivity contribution is 6.04. The Balaban J connectivity index is 1.69. The molecule has 3 aromatic rings. The van der Waals surface area contributed by atoms with Gasteiger partial charge in [0.2, 0.25) is 0 Å². The van der Waals surface area contributed by atoms with E-state index in [1.807, 2.05) is 36.4 Å². The molecule has 0 saturated carbocycles. The topological polar surface area (TPSA) is 64.4 Å². The fourth-order valence-electron chi connectivity index (χ4n) is 3.31. The summed E-state index contributed by atoms with van der Waals surface area (Å²) in [7, 11) is 1.57. The minimum absolute atomic E-state index is 0.160. The third kappa shape index (κ3) is 2.88. The molecule has 0 N–H and O–H groups in total. The van der Waals surface area contributed by atoms with Gasteiger partial charge in [0.1, 0.15) is 6.10 Å². The Hall–Kier alpha value is -2.99. The predicted octanol–water partition coefficient (Wildman–Crippen LogP) is 2.15. The van der Waals surface area contributed by atoms with Gasteiger partial charge in [0, 0.05) is 19.0 Å². The molecule has 1 unspecified atom stereocenters. The Kier molecular flexibility index (Phi) is 4.26. The summed E-state index contributed by atoms with van der Waals surface area (Å²) in [6.07, 6.45) is -0.160. The van der Waals surface area contributed by atoms with Crippen molar-refractivity contribution in [1.29, 1.82) is 0 Å². The van der Waals surface area contributed by atoms with Gasteiger partial charge in [-0.2, -0.15) is 5.10 Å². The van der Waals surface area contributed by atoms with E-state index < -0.39 is 0 Å². The minimum atomic E-state index is -0.207. The van der Waals surface area contributed by atoms with Gasteiger partial charge in [0.15, 0.2) is 5.69 Å².